The number of carbonyl (C=O) groups is 1. The summed E-state index contributed by atoms with van der Waals surface area (Å²) in [5.41, 5.74) is -1.04. The lowest BCUT2D eigenvalue weighted by Crippen LogP contribution is -2.68. The first-order valence-electron chi connectivity index (χ1n) is 20.9. The van der Waals surface area contributed by atoms with Crippen molar-refractivity contribution in [2.24, 2.45) is 50.2 Å². The van der Waals surface area contributed by atoms with Crippen LogP contribution in [0.4, 0.5) is 0 Å². The number of hydrogen-bond acceptors (Lipinski definition) is 13. The first kappa shape index (κ1) is 42.8. The van der Waals surface area contributed by atoms with Crippen molar-refractivity contribution < 1.29 is 69.7 Å². The van der Waals surface area contributed by atoms with Crippen LogP contribution in [0.1, 0.15) is 106 Å². The summed E-state index contributed by atoms with van der Waals surface area (Å²) < 4.78 is 23.8. The Hall–Kier alpha value is -1.27. The third-order valence-electron chi connectivity index (χ3n) is 17.3. The summed E-state index contributed by atoms with van der Waals surface area (Å²) in [6.07, 6.45) is -7.64. The third-order valence-corrected chi connectivity index (χ3v) is 17.3. The van der Waals surface area contributed by atoms with E-state index in [1.165, 1.54) is 5.57 Å². The predicted octanol–water partition coefficient (Wildman–Crippen LogP) is 1.85. The number of carboxylic acid groups (broad SMARTS) is 1. The Morgan fingerprint density at radius 3 is 2.00 bits per heavy atom. The number of fused-ring (bicyclic) bond motifs is 7. The molecular formula is C42H68O14. The van der Waals surface area contributed by atoms with Crippen LogP contribution >= 0.6 is 0 Å². The zero-order chi connectivity index (χ0) is 41.1. The summed E-state index contributed by atoms with van der Waals surface area (Å²) >= 11 is 0. The highest BCUT2D eigenvalue weighted by Gasteiger charge is 2.71. The molecule has 19 unspecified atom stereocenters. The molecule has 4 saturated carbocycles. The summed E-state index contributed by atoms with van der Waals surface area (Å²) in [6, 6.07) is 0. The van der Waals surface area contributed by atoms with Gasteiger partial charge >= 0.3 is 5.97 Å². The van der Waals surface area contributed by atoms with Crippen LogP contribution in [0.5, 0.6) is 0 Å². The summed E-state index contributed by atoms with van der Waals surface area (Å²) in [4.78, 5) is 13.1. The summed E-state index contributed by atoms with van der Waals surface area (Å²) in [7, 11) is 0. The van der Waals surface area contributed by atoms with Gasteiger partial charge in [0.2, 0.25) is 0 Å². The lowest BCUT2D eigenvalue weighted by molar-refractivity contribution is -0.368. The maximum Gasteiger partial charge on any atom is 0.312 e. The van der Waals surface area contributed by atoms with Gasteiger partial charge in [0.1, 0.15) is 54.2 Å². The first-order chi connectivity index (χ1) is 26.0. The molecule has 0 bridgehead atoms. The second-order valence-electron chi connectivity index (χ2n) is 20.8. The van der Waals surface area contributed by atoms with Crippen molar-refractivity contribution in [1.29, 1.82) is 0 Å². The van der Waals surface area contributed by atoms with Gasteiger partial charge < -0.3 is 64.9 Å². The Balaban J connectivity index is 1.10. The normalized spacial score (nSPS) is 53.8. The highest BCUT2D eigenvalue weighted by Crippen LogP contribution is 2.76. The van der Waals surface area contributed by atoms with Crippen molar-refractivity contribution in [3.63, 3.8) is 0 Å². The van der Waals surface area contributed by atoms with Crippen molar-refractivity contribution in [2.75, 3.05) is 13.2 Å². The fourth-order valence-corrected chi connectivity index (χ4v) is 13.8. The largest absolute Gasteiger partial charge is 0.481 e. The van der Waals surface area contributed by atoms with Crippen LogP contribution in [0.15, 0.2) is 11.6 Å². The zero-order valence-corrected chi connectivity index (χ0v) is 34.1. The van der Waals surface area contributed by atoms with E-state index in [2.05, 4.69) is 54.5 Å². The number of ether oxygens (including phenoxy) is 4. The van der Waals surface area contributed by atoms with Crippen LogP contribution in [0.25, 0.3) is 0 Å². The van der Waals surface area contributed by atoms with Gasteiger partial charge in [-0.05, 0) is 103 Å². The SMILES string of the molecule is CC1(C)CCC2(C(=O)O)C(O)CC3(C)C(=CCC4C5(C)CCC(OC6OC(CO)C(OC7OC(CO)C(O)C(O)C7O)C(O)C6O)C(C)(C)C5CCC43C)C2C1. The smallest absolute Gasteiger partial charge is 0.312 e. The minimum Gasteiger partial charge on any atom is -0.481 e. The Kier molecular flexibility index (Phi) is 11.0. The fraction of sp³-hybridized carbons (Fsp3) is 0.929. The van der Waals surface area contributed by atoms with Crippen LogP contribution in [0.2, 0.25) is 0 Å². The van der Waals surface area contributed by atoms with Gasteiger partial charge in [-0.25, -0.2) is 0 Å². The van der Waals surface area contributed by atoms with Crippen molar-refractivity contribution in [3.8, 4) is 0 Å². The molecule has 6 fully saturated rings. The molecule has 14 nitrogen and oxygen atoms in total. The topological polar surface area (TPSA) is 236 Å². The lowest BCUT2D eigenvalue weighted by Gasteiger charge is -2.71. The second kappa shape index (κ2) is 14.4. The summed E-state index contributed by atoms with van der Waals surface area (Å²) in [6.45, 7) is 14.6. The predicted molar refractivity (Wildman–Crippen MR) is 199 cm³/mol. The van der Waals surface area contributed by atoms with E-state index >= 15 is 0 Å². The number of aliphatic carboxylic acids is 1. The monoisotopic (exact) mass is 796 g/mol. The summed E-state index contributed by atoms with van der Waals surface area (Å²) in [5.74, 6) is -0.629. The van der Waals surface area contributed by atoms with E-state index in [-0.39, 0.29) is 45.5 Å². The van der Waals surface area contributed by atoms with Gasteiger partial charge in [-0.3, -0.25) is 4.79 Å². The van der Waals surface area contributed by atoms with E-state index in [1.807, 2.05) is 0 Å². The van der Waals surface area contributed by atoms with Crippen LogP contribution in [0, 0.1) is 50.2 Å². The Labute approximate surface area is 330 Å². The minimum absolute atomic E-state index is 0.0205. The van der Waals surface area contributed by atoms with E-state index in [0.29, 0.717) is 19.3 Å². The zero-order valence-electron chi connectivity index (χ0n) is 34.1. The number of rotatable bonds is 7. The van der Waals surface area contributed by atoms with Crippen LogP contribution < -0.4 is 0 Å². The van der Waals surface area contributed by atoms with Crippen molar-refractivity contribution in [1.82, 2.24) is 0 Å². The van der Waals surface area contributed by atoms with Gasteiger partial charge in [-0.1, -0.05) is 60.1 Å². The van der Waals surface area contributed by atoms with E-state index < -0.39 is 97.5 Å². The van der Waals surface area contributed by atoms with Gasteiger partial charge in [0, 0.05) is 0 Å². The standard InChI is InChI=1S/C42H68O14/c1-37(2)14-15-42(36(51)52)21(16-37)20-8-9-25-39(5)12-11-27(38(3,4)24(39)10-13-40(25,6)41(20,7)17-26(42)45)55-34-32(50)30(48)33(23(19-44)54-34)56-35-31(49)29(47)28(46)22(18-43)53-35/h8,21-35,43-50H,9-19H2,1-7H3,(H,51,52). The molecule has 2 saturated heterocycles. The average Bonchev–Trinajstić information content (AvgIpc) is 3.12. The Morgan fingerprint density at radius 1 is 0.732 bits per heavy atom. The van der Waals surface area contributed by atoms with Crippen LogP contribution in [0.3, 0.4) is 0 Å². The molecular weight excluding hydrogens is 728 g/mol. The molecule has 9 N–H and O–H groups in total. The van der Waals surface area contributed by atoms with Crippen LogP contribution in [-0.2, 0) is 23.7 Å². The van der Waals surface area contributed by atoms with Gasteiger partial charge in [0.15, 0.2) is 12.6 Å². The molecule has 7 aliphatic rings. The Bertz CT molecular complexity index is 1520. The van der Waals surface area contributed by atoms with E-state index in [1.54, 1.807) is 0 Å². The van der Waals surface area contributed by atoms with Crippen molar-refractivity contribution in [2.45, 2.75) is 180 Å². The molecule has 0 aromatic heterocycles. The molecule has 2 aliphatic heterocycles. The second-order valence-corrected chi connectivity index (χ2v) is 20.8. The quantitative estimate of drug-likeness (QED) is 0.132. The first-order valence-corrected chi connectivity index (χ1v) is 20.9. The maximum atomic E-state index is 13.1. The van der Waals surface area contributed by atoms with Crippen molar-refractivity contribution >= 4 is 5.97 Å². The third kappa shape index (κ3) is 6.13. The molecule has 7 rings (SSSR count). The molecule has 0 spiro atoms. The van der Waals surface area contributed by atoms with Crippen molar-refractivity contribution in [3.05, 3.63) is 11.6 Å². The molecule has 2 heterocycles. The number of aliphatic hydroxyl groups excluding tert-OH is 8. The maximum absolute atomic E-state index is 13.1. The lowest BCUT2D eigenvalue weighted by atomic mass is 9.33. The van der Waals surface area contributed by atoms with Gasteiger partial charge in [-0.2, -0.15) is 0 Å². The molecule has 0 amide bonds. The number of hydrogen-bond donors (Lipinski definition) is 9. The Morgan fingerprint density at radius 2 is 1.36 bits per heavy atom. The number of allylic oxidation sites excluding steroid dienone is 2. The molecule has 0 aromatic carbocycles. The molecule has 5 aliphatic carbocycles. The van der Waals surface area contributed by atoms with Gasteiger partial charge in [0.05, 0.1) is 25.4 Å². The molecule has 320 valence electrons. The molecule has 19 atom stereocenters. The molecule has 0 radical (unpaired) electrons. The highest BCUT2D eigenvalue weighted by atomic mass is 16.7. The fourth-order valence-electron chi connectivity index (χ4n) is 13.8. The minimum atomic E-state index is -1.75. The highest BCUT2D eigenvalue weighted by molar-refractivity contribution is 5.77. The number of aliphatic hydroxyl groups is 8. The summed E-state index contributed by atoms with van der Waals surface area (Å²) in [5, 5.41) is 96.1. The molecule has 0 aromatic rings. The average molecular weight is 797 g/mol. The van der Waals surface area contributed by atoms with Gasteiger partial charge in [-0.15, -0.1) is 0 Å². The number of carboxylic acids is 1. The van der Waals surface area contributed by atoms with E-state index in [4.69, 9.17) is 18.9 Å². The van der Waals surface area contributed by atoms with E-state index in [0.717, 1.165) is 38.5 Å². The molecule has 56 heavy (non-hydrogen) atoms. The molecule has 14 heteroatoms. The van der Waals surface area contributed by atoms with Gasteiger partial charge in [0.25, 0.3) is 0 Å². The van der Waals surface area contributed by atoms with E-state index in [9.17, 15) is 50.8 Å². The van der Waals surface area contributed by atoms with Crippen LogP contribution in [-0.4, -0.2) is 139 Å².